The summed E-state index contributed by atoms with van der Waals surface area (Å²) in [5.74, 6) is 1.21. The summed E-state index contributed by atoms with van der Waals surface area (Å²) < 4.78 is 10.7. The average Bonchev–Trinajstić information content (AvgIpc) is 3.10. The third-order valence-electron chi connectivity index (χ3n) is 5.81. The maximum atomic E-state index is 12.8. The van der Waals surface area contributed by atoms with Crippen LogP contribution in [-0.4, -0.2) is 43.6 Å². The van der Waals surface area contributed by atoms with Gasteiger partial charge >= 0.3 is 5.97 Å². The molecule has 4 atom stereocenters. The van der Waals surface area contributed by atoms with E-state index in [-0.39, 0.29) is 35.5 Å². The molecular weight excluding hydrogens is 342 g/mol. The van der Waals surface area contributed by atoms with E-state index < -0.39 is 0 Å². The number of hydrogen-bond donors (Lipinski definition) is 0. The summed E-state index contributed by atoms with van der Waals surface area (Å²) in [5, 5.41) is 0. The predicted octanol–water partition coefficient (Wildman–Crippen LogP) is 3.09. The molecule has 0 bridgehead atoms. The Hall–Kier alpha value is -2.30. The number of esters is 1. The Bertz CT molecular complexity index is 714. The van der Waals surface area contributed by atoms with Crippen molar-refractivity contribution >= 4 is 11.9 Å². The molecule has 3 rings (SSSR count). The largest absolute Gasteiger partial charge is 0.496 e. The van der Waals surface area contributed by atoms with Gasteiger partial charge < -0.3 is 14.4 Å². The standard InChI is InChI=1S/C22H29NO4/c1-4-27-22(25)21-15(2)9-10-17-13-23(14-18(17)21)20(24)12-11-16-7-5-6-8-19(16)26-3/h5-10,15,17-18,21H,4,11-14H2,1-3H3/t15-,17-,18-,21-/m0/s1. The van der Waals surface area contributed by atoms with Gasteiger partial charge in [-0.25, -0.2) is 0 Å². The fraction of sp³-hybridized carbons (Fsp3) is 0.545. The van der Waals surface area contributed by atoms with E-state index in [2.05, 4.69) is 19.1 Å². The van der Waals surface area contributed by atoms with Crippen molar-refractivity contribution in [2.24, 2.45) is 23.7 Å². The molecule has 0 unspecified atom stereocenters. The van der Waals surface area contributed by atoms with E-state index in [9.17, 15) is 9.59 Å². The predicted molar refractivity (Wildman–Crippen MR) is 103 cm³/mol. The first-order valence-corrected chi connectivity index (χ1v) is 9.79. The number of carbonyl (C=O) groups is 2. The van der Waals surface area contributed by atoms with Crippen molar-refractivity contribution in [3.63, 3.8) is 0 Å². The van der Waals surface area contributed by atoms with Gasteiger partial charge in [-0.05, 0) is 42.7 Å². The van der Waals surface area contributed by atoms with E-state index in [0.717, 1.165) is 11.3 Å². The Morgan fingerprint density at radius 2 is 1.96 bits per heavy atom. The Balaban J connectivity index is 1.63. The van der Waals surface area contributed by atoms with Crippen LogP contribution in [0.1, 0.15) is 25.8 Å². The highest BCUT2D eigenvalue weighted by atomic mass is 16.5. The van der Waals surface area contributed by atoms with Gasteiger partial charge in [0.15, 0.2) is 0 Å². The molecule has 0 aromatic heterocycles. The number of rotatable bonds is 6. The molecular formula is C22H29NO4. The number of likely N-dealkylation sites (tertiary alicyclic amines) is 1. The Kier molecular flexibility index (Phi) is 6.19. The second-order valence-corrected chi connectivity index (χ2v) is 7.46. The number of amides is 1. The fourth-order valence-corrected chi connectivity index (χ4v) is 4.41. The van der Waals surface area contributed by atoms with Crippen LogP contribution in [0.5, 0.6) is 5.75 Å². The van der Waals surface area contributed by atoms with E-state index in [1.165, 1.54) is 0 Å². The molecule has 1 heterocycles. The zero-order chi connectivity index (χ0) is 19.4. The van der Waals surface area contributed by atoms with Gasteiger partial charge in [-0.2, -0.15) is 0 Å². The van der Waals surface area contributed by atoms with Gasteiger partial charge in [-0.3, -0.25) is 9.59 Å². The van der Waals surface area contributed by atoms with Crippen molar-refractivity contribution in [3.05, 3.63) is 42.0 Å². The summed E-state index contributed by atoms with van der Waals surface area (Å²) in [6.45, 7) is 5.61. The van der Waals surface area contributed by atoms with Gasteiger partial charge in [-0.1, -0.05) is 37.3 Å². The first-order valence-electron chi connectivity index (χ1n) is 9.79. The maximum Gasteiger partial charge on any atom is 0.309 e. The van der Waals surface area contributed by atoms with Gasteiger partial charge in [0.25, 0.3) is 0 Å². The first-order chi connectivity index (χ1) is 13.0. The van der Waals surface area contributed by atoms with Crippen molar-refractivity contribution in [1.82, 2.24) is 4.90 Å². The molecule has 2 aliphatic rings. The van der Waals surface area contributed by atoms with Crippen LogP contribution in [0.2, 0.25) is 0 Å². The second-order valence-electron chi connectivity index (χ2n) is 7.46. The molecule has 27 heavy (non-hydrogen) atoms. The normalized spacial score (nSPS) is 26.6. The molecule has 1 aliphatic carbocycles. The number of nitrogens with zero attached hydrogens (tertiary/aromatic N) is 1. The summed E-state index contributed by atoms with van der Waals surface area (Å²) >= 11 is 0. The van der Waals surface area contributed by atoms with Crippen LogP contribution in [-0.2, 0) is 20.7 Å². The van der Waals surface area contributed by atoms with Crippen molar-refractivity contribution in [1.29, 1.82) is 0 Å². The molecule has 1 aromatic rings. The van der Waals surface area contributed by atoms with Crippen LogP contribution < -0.4 is 4.74 Å². The quantitative estimate of drug-likeness (QED) is 0.570. The van der Waals surface area contributed by atoms with Crippen LogP contribution in [0.15, 0.2) is 36.4 Å². The topological polar surface area (TPSA) is 55.8 Å². The third kappa shape index (κ3) is 4.18. The van der Waals surface area contributed by atoms with Crippen molar-refractivity contribution in [2.75, 3.05) is 26.8 Å². The minimum Gasteiger partial charge on any atom is -0.496 e. The molecule has 146 valence electrons. The van der Waals surface area contributed by atoms with Crippen molar-refractivity contribution in [3.8, 4) is 5.75 Å². The summed E-state index contributed by atoms with van der Waals surface area (Å²) in [7, 11) is 1.65. The van der Waals surface area contributed by atoms with Crippen molar-refractivity contribution in [2.45, 2.75) is 26.7 Å². The number of allylic oxidation sites excluding steroid dienone is 1. The Labute approximate surface area is 161 Å². The van der Waals surface area contributed by atoms with E-state index in [0.29, 0.717) is 32.5 Å². The fourth-order valence-electron chi connectivity index (χ4n) is 4.41. The number of fused-ring (bicyclic) bond motifs is 1. The second kappa shape index (κ2) is 8.59. The van der Waals surface area contributed by atoms with Gasteiger partial charge in [-0.15, -0.1) is 0 Å². The number of methoxy groups -OCH3 is 1. The number of para-hydroxylation sites is 1. The molecule has 0 N–H and O–H groups in total. The van der Waals surface area contributed by atoms with Gasteiger partial charge in [0.1, 0.15) is 5.75 Å². The number of benzene rings is 1. The minimum atomic E-state index is -0.160. The maximum absolute atomic E-state index is 12.8. The summed E-state index contributed by atoms with van der Waals surface area (Å²) in [4.78, 5) is 27.1. The molecule has 0 saturated carbocycles. The molecule has 5 heteroatoms. The minimum absolute atomic E-state index is 0.132. The smallest absolute Gasteiger partial charge is 0.309 e. The molecule has 5 nitrogen and oxygen atoms in total. The lowest BCUT2D eigenvalue weighted by atomic mass is 9.72. The number of carbonyl (C=O) groups excluding carboxylic acids is 2. The van der Waals surface area contributed by atoms with Gasteiger partial charge in [0, 0.05) is 19.5 Å². The molecule has 1 fully saturated rings. The van der Waals surface area contributed by atoms with E-state index in [1.54, 1.807) is 7.11 Å². The summed E-state index contributed by atoms with van der Waals surface area (Å²) in [6.07, 6.45) is 5.38. The highest BCUT2D eigenvalue weighted by Gasteiger charge is 2.45. The number of aryl methyl sites for hydroxylation is 1. The molecule has 1 amide bonds. The van der Waals surface area contributed by atoms with Crippen LogP contribution in [0.3, 0.4) is 0 Å². The average molecular weight is 371 g/mol. The lowest BCUT2D eigenvalue weighted by molar-refractivity contribution is -0.152. The van der Waals surface area contributed by atoms with Crippen LogP contribution >= 0.6 is 0 Å². The molecule has 0 radical (unpaired) electrons. The highest BCUT2D eigenvalue weighted by Crippen LogP contribution is 2.40. The summed E-state index contributed by atoms with van der Waals surface area (Å²) in [5.41, 5.74) is 1.04. The van der Waals surface area contributed by atoms with Crippen LogP contribution in [0, 0.1) is 23.7 Å². The van der Waals surface area contributed by atoms with Crippen LogP contribution in [0.4, 0.5) is 0 Å². The van der Waals surface area contributed by atoms with E-state index >= 15 is 0 Å². The number of hydrogen-bond acceptors (Lipinski definition) is 4. The van der Waals surface area contributed by atoms with Gasteiger partial charge in [0.2, 0.25) is 5.91 Å². The molecule has 1 aromatic carbocycles. The summed E-state index contributed by atoms with van der Waals surface area (Å²) in [6, 6.07) is 7.80. The molecule has 1 aliphatic heterocycles. The monoisotopic (exact) mass is 371 g/mol. The molecule has 1 saturated heterocycles. The molecule has 0 spiro atoms. The Morgan fingerprint density at radius 3 is 2.70 bits per heavy atom. The van der Waals surface area contributed by atoms with E-state index in [4.69, 9.17) is 9.47 Å². The third-order valence-corrected chi connectivity index (χ3v) is 5.81. The Morgan fingerprint density at radius 1 is 1.19 bits per heavy atom. The SMILES string of the molecule is CCOC(=O)[C@@H]1[C@H]2CN(C(=O)CCc3ccccc3OC)C[C@@H]2C=C[C@@H]1C. The first kappa shape index (κ1) is 19.5. The van der Waals surface area contributed by atoms with E-state index in [1.807, 2.05) is 36.1 Å². The zero-order valence-corrected chi connectivity index (χ0v) is 16.4. The number of ether oxygens (including phenoxy) is 2. The zero-order valence-electron chi connectivity index (χ0n) is 16.4. The van der Waals surface area contributed by atoms with Crippen LogP contribution in [0.25, 0.3) is 0 Å². The lowest BCUT2D eigenvalue weighted by Crippen LogP contribution is -2.37. The highest BCUT2D eigenvalue weighted by molar-refractivity contribution is 5.78. The van der Waals surface area contributed by atoms with Gasteiger partial charge in [0.05, 0.1) is 19.6 Å². The lowest BCUT2D eigenvalue weighted by Gasteiger charge is -2.31. The van der Waals surface area contributed by atoms with Crippen molar-refractivity contribution < 1.29 is 19.1 Å².